The van der Waals surface area contributed by atoms with Crippen LogP contribution in [-0.2, 0) is 9.53 Å². The first-order valence-corrected chi connectivity index (χ1v) is 8.54. The molecule has 1 aliphatic rings. The Kier molecular flexibility index (Phi) is 6.94. The first-order chi connectivity index (χ1) is 12.0. The number of rotatable bonds is 6. The number of anilines is 1. The van der Waals surface area contributed by atoms with Gasteiger partial charge in [0, 0.05) is 57.3 Å². The van der Waals surface area contributed by atoms with Crippen LogP contribution in [0.2, 0.25) is 0 Å². The maximum absolute atomic E-state index is 12.3. The number of piperazine rings is 1. The molecule has 1 saturated heterocycles. The van der Waals surface area contributed by atoms with Crippen molar-refractivity contribution in [2.45, 2.75) is 20.3 Å². The van der Waals surface area contributed by atoms with Crippen LogP contribution in [0.3, 0.4) is 0 Å². The molecule has 1 aromatic carbocycles. The highest BCUT2D eigenvalue weighted by molar-refractivity contribution is 5.97. The Hall–Kier alpha value is -2.41. The van der Waals surface area contributed by atoms with Crippen molar-refractivity contribution >= 4 is 23.5 Å². The minimum absolute atomic E-state index is 0.0715. The molecule has 0 saturated carbocycles. The van der Waals surface area contributed by atoms with Gasteiger partial charge in [-0.25, -0.2) is 4.79 Å². The van der Waals surface area contributed by atoms with Crippen LogP contribution in [0.4, 0.5) is 10.5 Å². The van der Waals surface area contributed by atoms with E-state index in [4.69, 9.17) is 4.74 Å². The first-order valence-electron chi connectivity index (χ1n) is 8.54. The molecule has 25 heavy (non-hydrogen) atoms. The van der Waals surface area contributed by atoms with Crippen LogP contribution < -0.4 is 5.32 Å². The van der Waals surface area contributed by atoms with Crippen molar-refractivity contribution in [1.29, 1.82) is 0 Å². The number of Topliss-reactive ketones (excluding diaryl/α,β-unsaturated/α-hetero) is 1. The van der Waals surface area contributed by atoms with E-state index in [0.717, 1.165) is 13.1 Å². The lowest BCUT2D eigenvalue weighted by atomic mass is 10.1. The molecule has 1 aliphatic heterocycles. The van der Waals surface area contributed by atoms with Gasteiger partial charge in [0.15, 0.2) is 5.78 Å². The van der Waals surface area contributed by atoms with E-state index in [1.54, 1.807) is 36.1 Å². The highest BCUT2D eigenvalue weighted by Crippen LogP contribution is 2.12. The number of nitrogens with one attached hydrogen (secondary N) is 1. The Morgan fingerprint density at radius 2 is 1.72 bits per heavy atom. The Morgan fingerprint density at radius 3 is 2.28 bits per heavy atom. The minimum Gasteiger partial charge on any atom is -0.450 e. The van der Waals surface area contributed by atoms with Crippen molar-refractivity contribution in [1.82, 2.24) is 9.80 Å². The molecular formula is C18H25N3O4. The summed E-state index contributed by atoms with van der Waals surface area (Å²) in [6, 6.07) is 6.91. The van der Waals surface area contributed by atoms with E-state index in [-0.39, 0.29) is 17.8 Å². The van der Waals surface area contributed by atoms with Crippen molar-refractivity contribution in [2.75, 3.05) is 44.6 Å². The lowest BCUT2D eigenvalue weighted by molar-refractivity contribution is -0.114. The van der Waals surface area contributed by atoms with Gasteiger partial charge in [0.05, 0.1) is 6.61 Å². The minimum atomic E-state index is -0.266. The topological polar surface area (TPSA) is 79.0 Å². The van der Waals surface area contributed by atoms with Crippen LogP contribution >= 0.6 is 0 Å². The van der Waals surface area contributed by atoms with Crippen LogP contribution in [0.1, 0.15) is 30.6 Å². The molecule has 0 aromatic heterocycles. The maximum Gasteiger partial charge on any atom is 0.409 e. The number of amides is 2. The predicted molar refractivity (Wildman–Crippen MR) is 94.7 cm³/mol. The second-order valence-electron chi connectivity index (χ2n) is 5.96. The second-order valence-corrected chi connectivity index (χ2v) is 5.96. The number of ether oxygens (including phenoxy) is 1. The zero-order valence-electron chi connectivity index (χ0n) is 14.8. The number of hydrogen-bond acceptors (Lipinski definition) is 5. The predicted octanol–water partition coefficient (Wildman–Crippen LogP) is 1.99. The molecule has 1 aromatic rings. The zero-order valence-corrected chi connectivity index (χ0v) is 14.8. The molecule has 0 aliphatic carbocycles. The smallest absolute Gasteiger partial charge is 0.409 e. The van der Waals surface area contributed by atoms with E-state index in [0.29, 0.717) is 43.9 Å². The fraction of sp³-hybridized carbons (Fsp3) is 0.500. The molecule has 0 spiro atoms. The second kappa shape index (κ2) is 9.17. The largest absolute Gasteiger partial charge is 0.450 e. The molecule has 1 heterocycles. The third kappa shape index (κ3) is 5.86. The van der Waals surface area contributed by atoms with Crippen molar-refractivity contribution in [3.8, 4) is 0 Å². The number of nitrogens with zero attached hydrogens (tertiary/aromatic N) is 2. The number of ketones is 1. The van der Waals surface area contributed by atoms with Crippen molar-refractivity contribution in [3.05, 3.63) is 29.8 Å². The molecule has 0 radical (unpaired) electrons. The third-order valence-corrected chi connectivity index (χ3v) is 4.08. The van der Waals surface area contributed by atoms with E-state index in [9.17, 15) is 14.4 Å². The monoisotopic (exact) mass is 347 g/mol. The molecule has 136 valence electrons. The number of hydrogen-bond donors (Lipinski definition) is 1. The van der Waals surface area contributed by atoms with Gasteiger partial charge < -0.3 is 15.0 Å². The lowest BCUT2D eigenvalue weighted by Crippen LogP contribution is -2.49. The molecule has 1 fully saturated rings. The first kappa shape index (κ1) is 18.9. The lowest BCUT2D eigenvalue weighted by Gasteiger charge is -2.33. The Labute approximate surface area is 147 Å². The summed E-state index contributed by atoms with van der Waals surface area (Å²) < 4.78 is 4.99. The fourth-order valence-corrected chi connectivity index (χ4v) is 2.72. The van der Waals surface area contributed by atoms with Crippen molar-refractivity contribution in [3.63, 3.8) is 0 Å². The molecule has 7 nitrogen and oxygen atoms in total. The molecule has 0 atom stereocenters. The number of carbonyl (C=O) groups excluding carboxylic acids is 3. The van der Waals surface area contributed by atoms with Gasteiger partial charge in [-0.05, 0) is 31.2 Å². The summed E-state index contributed by atoms with van der Waals surface area (Å²) >= 11 is 0. The summed E-state index contributed by atoms with van der Waals surface area (Å²) in [7, 11) is 0. The summed E-state index contributed by atoms with van der Waals surface area (Å²) in [6.45, 7) is 7.03. The van der Waals surface area contributed by atoms with Gasteiger partial charge in [0.1, 0.15) is 0 Å². The van der Waals surface area contributed by atoms with E-state index >= 15 is 0 Å². The van der Waals surface area contributed by atoms with Gasteiger partial charge in [-0.1, -0.05) is 0 Å². The van der Waals surface area contributed by atoms with Gasteiger partial charge in [0.2, 0.25) is 5.91 Å². The highest BCUT2D eigenvalue weighted by Gasteiger charge is 2.22. The van der Waals surface area contributed by atoms with E-state index in [1.165, 1.54) is 6.92 Å². The van der Waals surface area contributed by atoms with Gasteiger partial charge in [0.25, 0.3) is 0 Å². The average Bonchev–Trinajstić information content (AvgIpc) is 2.60. The molecule has 2 rings (SSSR count). The van der Waals surface area contributed by atoms with Gasteiger partial charge >= 0.3 is 6.09 Å². The van der Waals surface area contributed by atoms with E-state index in [1.807, 2.05) is 0 Å². The van der Waals surface area contributed by atoms with E-state index in [2.05, 4.69) is 10.2 Å². The Balaban J connectivity index is 1.75. The standard InChI is InChI=1S/C18H25N3O4/c1-3-25-18(24)21-12-10-20(11-13-21)9-8-17(23)15-4-6-16(7-5-15)19-14(2)22/h4-7H,3,8-13H2,1-2H3,(H,19,22). The van der Waals surface area contributed by atoms with Crippen LogP contribution in [0.25, 0.3) is 0 Å². The quantitative estimate of drug-likeness (QED) is 0.796. The van der Waals surface area contributed by atoms with E-state index < -0.39 is 0 Å². The summed E-state index contributed by atoms with van der Waals surface area (Å²) in [5, 5.41) is 2.68. The molecule has 1 N–H and O–H groups in total. The molecular weight excluding hydrogens is 322 g/mol. The highest BCUT2D eigenvalue weighted by atomic mass is 16.6. The summed E-state index contributed by atoms with van der Waals surface area (Å²) in [5.41, 5.74) is 1.32. The van der Waals surface area contributed by atoms with Gasteiger partial charge in [-0.15, -0.1) is 0 Å². The third-order valence-electron chi connectivity index (χ3n) is 4.08. The number of benzene rings is 1. The summed E-state index contributed by atoms with van der Waals surface area (Å²) in [4.78, 5) is 38.8. The average molecular weight is 347 g/mol. The summed E-state index contributed by atoms with van der Waals surface area (Å²) in [6.07, 6.45) is 0.163. The van der Waals surface area contributed by atoms with Crippen molar-refractivity contribution in [2.24, 2.45) is 0 Å². The zero-order chi connectivity index (χ0) is 18.2. The van der Waals surface area contributed by atoms with Crippen LogP contribution in [0, 0.1) is 0 Å². The summed E-state index contributed by atoms with van der Waals surface area (Å²) in [5.74, 6) is -0.0664. The fourth-order valence-electron chi connectivity index (χ4n) is 2.72. The maximum atomic E-state index is 12.3. The molecule has 2 amide bonds. The van der Waals surface area contributed by atoms with Crippen LogP contribution in [0.5, 0.6) is 0 Å². The van der Waals surface area contributed by atoms with Gasteiger partial charge in [-0.3, -0.25) is 14.5 Å². The normalized spacial score (nSPS) is 14.9. The molecule has 7 heteroatoms. The van der Waals surface area contributed by atoms with Gasteiger partial charge in [-0.2, -0.15) is 0 Å². The van der Waals surface area contributed by atoms with Crippen molar-refractivity contribution < 1.29 is 19.1 Å². The SMILES string of the molecule is CCOC(=O)N1CCN(CCC(=O)c2ccc(NC(C)=O)cc2)CC1. The Bertz CT molecular complexity index is 607. The number of carbonyl (C=O) groups is 3. The molecule has 0 unspecified atom stereocenters. The van der Waals surface area contributed by atoms with Crippen LogP contribution in [-0.4, -0.2) is 66.9 Å². The Morgan fingerprint density at radius 1 is 1.08 bits per heavy atom. The van der Waals surface area contributed by atoms with Crippen LogP contribution in [0.15, 0.2) is 24.3 Å². The molecule has 0 bridgehead atoms.